The second kappa shape index (κ2) is 5.34. The van der Waals surface area contributed by atoms with Crippen molar-refractivity contribution in [3.05, 3.63) is 34.3 Å². The van der Waals surface area contributed by atoms with Gasteiger partial charge in [0.1, 0.15) is 0 Å². The Morgan fingerprint density at radius 3 is 2.62 bits per heavy atom. The van der Waals surface area contributed by atoms with E-state index >= 15 is 0 Å². The Bertz CT molecular complexity index is 597. The van der Waals surface area contributed by atoms with Crippen LogP contribution in [0.2, 0.25) is 5.02 Å². The summed E-state index contributed by atoms with van der Waals surface area (Å²) in [5.41, 5.74) is 1.33. The van der Waals surface area contributed by atoms with Gasteiger partial charge < -0.3 is 10.0 Å². The zero-order chi connectivity index (χ0) is 15.1. The van der Waals surface area contributed by atoms with Crippen LogP contribution in [0.5, 0.6) is 0 Å². The van der Waals surface area contributed by atoms with Crippen molar-refractivity contribution in [2.45, 2.75) is 19.8 Å². The van der Waals surface area contributed by atoms with E-state index in [9.17, 15) is 14.7 Å². The van der Waals surface area contributed by atoms with Crippen LogP contribution in [-0.2, 0) is 4.79 Å². The summed E-state index contributed by atoms with van der Waals surface area (Å²) in [7, 11) is 0. The Kier molecular flexibility index (Phi) is 3.66. The van der Waals surface area contributed by atoms with Gasteiger partial charge in [-0.1, -0.05) is 17.7 Å². The normalized spacial score (nSPS) is 25.1. The smallest absolute Gasteiger partial charge is 0.308 e. The van der Waals surface area contributed by atoms with Crippen molar-refractivity contribution in [3.63, 3.8) is 0 Å². The first-order valence-electron chi connectivity index (χ1n) is 7.26. The Hall–Kier alpha value is -1.55. The number of hydrogen-bond donors (Lipinski definition) is 1. The molecule has 3 rings (SSSR count). The minimum absolute atomic E-state index is 0.103. The van der Waals surface area contributed by atoms with Crippen molar-refractivity contribution < 1.29 is 14.7 Å². The molecule has 4 nitrogen and oxygen atoms in total. The van der Waals surface area contributed by atoms with E-state index in [0.717, 1.165) is 18.4 Å². The van der Waals surface area contributed by atoms with Crippen LogP contribution in [0.4, 0.5) is 0 Å². The third-order valence-electron chi connectivity index (χ3n) is 4.70. The molecule has 1 N–H and O–H groups in total. The number of carboxylic acids is 1. The van der Waals surface area contributed by atoms with Gasteiger partial charge in [-0.25, -0.2) is 0 Å². The molecule has 2 atom stereocenters. The molecule has 1 saturated carbocycles. The zero-order valence-corrected chi connectivity index (χ0v) is 12.6. The molecular formula is C16H18ClNO3. The fourth-order valence-electron chi connectivity index (χ4n) is 3.27. The molecule has 0 spiro atoms. The molecule has 0 aromatic heterocycles. The third kappa shape index (κ3) is 2.64. The highest BCUT2D eigenvalue weighted by atomic mass is 35.5. The molecule has 5 heteroatoms. The number of halogens is 1. The molecule has 2 fully saturated rings. The molecule has 1 aliphatic heterocycles. The lowest BCUT2D eigenvalue weighted by Gasteiger charge is -2.18. The van der Waals surface area contributed by atoms with E-state index in [1.807, 2.05) is 6.92 Å². The van der Waals surface area contributed by atoms with Crippen LogP contribution in [-0.4, -0.2) is 35.0 Å². The maximum Gasteiger partial charge on any atom is 0.308 e. The van der Waals surface area contributed by atoms with E-state index in [0.29, 0.717) is 29.6 Å². The van der Waals surface area contributed by atoms with Gasteiger partial charge in [0.25, 0.3) is 5.91 Å². The van der Waals surface area contributed by atoms with E-state index in [2.05, 4.69) is 0 Å². The first-order chi connectivity index (χ1) is 9.99. The van der Waals surface area contributed by atoms with Crippen molar-refractivity contribution in [1.82, 2.24) is 4.90 Å². The fraction of sp³-hybridized carbons (Fsp3) is 0.500. The zero-order valence-electron chi connectivity index (χ0n) is 11.9. The van der Waals surface area contributed by atoms with Crippen LogP contribution >= 0.6 is 11.6 Å². The monoisotopic (exact) mass is 307 g/mol. The highest BCUT2D eigenvalue weighted by Gasteiger charge is 2.47. The van der Waals surface area contributed by atoms with E-state index in [-0.39, 0.29) is 11.8 Å². The minimum Gasteiger partial charge on any atom is -0.481 e. The largest absolute Gasteiger partial charge is 0.481 e. The highest BCUT2D eigenvalue weighted by molar-refractivity contribution is 6.31. The average Bonchev–Trinajstić information content (AvgIpc) is 3.19. The second-order valence-corrected chi connectivity index (χ2v) is 6.48. The number of hydrogen-bond acceptors (Lipinski definition) is 2. The molecule has 1 aliphatic carbocycles. The lowest BCUT2D eigenvalue weighted by molar-refractivity contribution is -0.142. The lowest BCUT2D eigenvalue weighted by Crippen LogP contribution is -2.30. The number of carbonyl (C=O) groups excluding carboxylic acids is 1. The lowest BCUT2D eigenvalue weighted by atomic mass is 9.92. The Balaban J connectivity index is 1.82. The first-order valence-corrected chi connectivity index (χ1v) is 7.64. The summed E-state index contributed by atoms with van der Waals surface area (Å²) in [5.74, 6) is -0.745. The number of rotatable bonds is 3. The molecule has 0 bridgehead atoms. The molecule has 0 radical (unpaired) electrons. The summed E-state index contributed by atoms with van der Waals surface area (Å²) in [6.45, 7) is 2.67. The Labute approximate surface area is 128 Å². The molecular weight excluding hydrogens is 290 g/mol. The van der Waals surface area contributed by atoms with Gasteiger partial charge in [0.05, 0.1) is 5.92 Å². The molecule has 2 aliphatic rings. The molecule has 21 heavy (non-hydrogen) atoms. The Morgan fingerprint density at radius 2 is 2.00 bits per heavy atom. The predicted octanol–water partition coefficient (Wildman–Crippen LogP) is 2.83. The summed E-state index contributed by atoms with van der Waals surface area (Å²) < 4.78 is 0. The summed E-state index contributed by atoms with van der Waals surface area (Å²) in [6.07, 6.45) is 2.18. The van der Waals surface area contributed by atoms with E-state index in [1.54, 1.807) is 23.1 Å². The van der Waals surface area contributed by atoms with Crippen LogP contribution in [0.15, 0.2) is 18.2 Å². The van der Waals surface area contributed by atoms with E-state index in [1.165, 1.54) is 0 Å². The van der Waals surface area contributed by atoms with Crippen molar-refractivity contribution in [2.24, 2.45) is 17.8 Å². The van der Waals surface area contributed by atoms with Gasteiger partial charge in [0.2, 0.25) is 0 Å². The summed E-state index contributed by atoms with van der Waals surface area (Å²) in [6, 6.07) is 5.26. The average molecular weight is 308 g/mol. The summed E-state index contributed by atoms with van der Waals surface area (Å²) in [4.78, 5) is 25.7. The number of benzene rings is 1. The van der Waals surface area contributed by atoms with Crippen molar-refractivity contribution in [3.8, 4) is 0 Å². The minimum atomic E-state index is -0.787. The maximum absolute atomic E-state index is 12.7. The van der Waals surface area contributed by atoms with Crippen LogP contribution in [0.1, 0.15) is 28.8 Å². The van der Waals surface area contributed by atoms with Crippen molar-refractivity contribution in [2.75, 3.05) is 13.1 Å². The number of likely N-dealkylation sites (tertiary alicyclic amines) is 1. The summed E-state index contributed by atoms with van der Waals surface area (Å²) >= 11 is 6.07. The molecule has 1 aromatic rings. The SMILES string of the molecule is Cc1c(Cl)cccc1C(=O)N1C[C@H](C(=O)O)[C@@H](C2CC2)C1. The molecule has 1 aromatic carbocycles. The quantitative estimate of drug-likeness (QED) is 0.934. The number of amides is 1. The summed E-state index contributed by atoms with van der Waals surface area (Å²) in [5, 5.41) is 9.93. The predicted molar refractivity (Wildman–Crippen MR) is 79.4 cm³/mol. The number of nitrogens with zero attached hydrogens (tertiary/aromatic N) is 1. The van der Waals surface area contributed by atoms with Crippen LogP contribution in [0.25, 0.3) is 0 Å². The number of carbonyl (C=O) groups is 2. The molecule has 1 saturated heterocycles. The highest BCUT2D eigenvalue weighted by Crippen LogP contribution is 2.44. The molecule has 1 amide bonds. The maximum atomic E-state index is 12.7. The second-order valence-electron chi connectivity index (χ2n) is 6.07. The van der Waals surface area contributed by atoms with E-state index in [4.69, 9.17) is 11.6 Å². The van der Waals surface area contributed by atoms with Crippen LogP contribution < -0.4 is 0 Å². The van der Waals surface area contributed by atoms with Gasteiger partial charge >= 0.3 is 5.97 Å². The standard InChI is InChI=1S/C16H18ClNO3/c1-9-11(3-2-4-14(9)17)15(19)18-7-12(10-5-6-10)13(8-18)16(20)21/h2-4,10,12-13H,5-8H2,1H3,(H,20,21)/t12-,13+/m1/s1. The molecule has 1 heterocycles. The van der Waals surface area contributed by atoms with Gasteiger partial charge in [0, 0.05) is 23.7 Å². The molecule has 112 valence electrons. The first kappa shape index (κ1) is 14.4. The third-order valence-corrected chi connectivity index (χ3v) is 5.10. The van der Waals surface area contributed by atoms with Gasteiger partial charge in [-0.2, -0.15) is 0 Å². The van der Waals surface area contributed by atoms with Crippen molar-refractivity contribution in [1.29, 1.82) is 0 Å². The number of aliphatic carboxylic acids is 1. The fourth-order valence-corrected chi connectivity index (χ4v) is 3.44. The van der Waals surface area contributed by atoms with Crippen LogP contribution in [0, 0.1) is 24.7 Å². The van der Waals surface area contributed by atoms with Gasteiger partial charge in [-0.3, -0.25) is 9.59 Å². The topological polar surface area (TPSA) is 57.6 Å². The van der Waals surface area contributed by atoms with E-state index < -0.39 is 11.9 Å². The molecule has 0 unspecified atom stereocenters. The number of carboxylic acid groups (broad SMARTS) is 1. The van der Waals surface area contributed by atoms with Gasteiger partial charge in [-0.15, -0.1) is 0 Å². The van der Waals surface area contributed by atoms with Crippen LogP contribution in [0.3, 0.4) is 0 Å². The van der Waals surface area contributed by atoms with Gasteiger partial charge in [-0.05, 0) is 49.3 Å². The van der Waals surface area contributed by atoms with Crippen molar-refractivity contribution >= 4 is 23.5 Å². The Morgan fingerprint density at radius 1 is 1.29 bits per heavy atom. The van der Waals surface area contributed by atoms with Gasteiger partial charge in [0.15, 0.2) is 0 Å².